The third-order valence-corrected chi connectivity index (χ3v) is 7.77. The van der Waals surface area contributed by atoms with Crippen molar-refractivity contribution in [2.75, 3.05) is 23.5 Å². The topological polar surface area (TPSA) is 141 Å². The summed E-state index contributed by atoms with van der Waals surface area (Å²) in [6.45, 7) is 0. The highest BCUT2D eigenvalue weighted by Gasteiger charge is 2.32. The van der Waals surface area contributed by atoms with Crippen molar-refractivity contribution in [2.45, 2.75) is 22.3 Å². The number of thioether (sulfide) groups is 1. The highest BCUT2D eigenvalue weighted by molar-refractivity contribution is 7.98. The lowest BCUT2D eigenvalue weighted by molar-refractivity contribution is -0.388. The summed E-state index contributed by atoms with van der Waals surface area (Å²) in [5.74, 6) is -2.17. The molecule has 0 saturated carbocycles. The second kappa shape index (κ2) is 7.30. The number of nitro benzene ring substituents is 1. The van der Waals surface area contributed by atoms with Crippen LogP contribution in [0, 0.1) is 10.1 Å². The Kier molecular flexibility index (Phi) is 5.74. The van der Waals surface area contributed by atoms with Gasteiger partial charge in [0.25, 0.3) is 5.69 Å². The van der Waals surface area contributed by atoms with Gasteiger partial charge in [-0.25, -0.2) is 16.8 Å². The summed E-state index contributed by atoms with van der Waals surface area (Å²) in [5.41, 5.74) is -0.594. The van der Waals surface area contributed by atoms with Gasteiger partial charge in [-0.3, -0.25) is 14.9 Å². The van der Waals surface area contributed by atoms with Gasteiger partial charge in [0.15, 0.2) is 19.7 Å². The predicted molar refractivity (Wildman–Crippen MR) is 92.1 cm³/mol. The average Bonchev–Trinajstić information content (AvgIpc) is 2.84. The molecule has 1 fully saturated rings. The molecule has 1 heterocycles. The van der Waals surface area contributed by atoms with Crippen LogP contribution >= 0.6 is 11.8 Å². The molecule has 0 spiro atoms. The molecule has 12 heteroatoms. The highest BCUT2D eigenvalue weighted by atomic mass is 32.2. The van der Waals surface area contributed by atoms with Gasteiger partial charge >= 0.3 is 0 Å². The fourth-order valence-electron chi connectivity index (χ4n) is 2.46. The monoisotopic (exact) mass is 408 g/mol. The number of amides is 1. The van der Waals surface area contributed by atoms with E-state index in [1.807, 2.05) is 0 Å². The number of nitrogens with zero attached hydrogens (tertiary/aromatic N) is 1. The second-order valence-corrected chi connectivity index (χ2v) is 10.6. The molecule has 1 amide bonds. The summed E-state index contributed by atoms with van der Waals surface area (Å²) in [5, 5.41) is 13.5. The van der Waals surface area contributed by atoms with Crippen LogP contribution in [-0.4, -0.2) is 57.2 Å². The van der Waals surface area contributed by atoms with E-state index in [0.717, 1.165) is 12.1 Å². The van der Waals surface area contributed by atoms with Gasteiger partial charge in [0, 0.05) is 17.0 Å². The molecule has 1 aromatic carbocycles. The number of nitro groups is 1. The zero-order chi connectivity index (χ0) is 18.8. The maximum Gasteiger partial charge on any atom is 0.289 e. The molecule has 0 radical (unpaired) electrons. The summed E-state index contributed by atoms with van der Waals surface area (Å²) in [4.78, 5) is 22.3. The molecule has 1 aromatic rings. The van der Waals surface area contributed by atoms with Gasteiger partial charge in [0.1, 0.15) is 10.6 Å². The third-order valence-electron chi connectivity index (χ3n) is 3.62. The lowest BCUT2D eigenvalue weighted by atomic mass is 10.3. The number of hydrogen-bond acceptors (Lipinski definition) is 8. The molecule has 0 aliphatic carbocycles. The van der Waals surface area contributed by atoms with E-state index in [1.165, 1.54) is 17.8 Å². The molecular weight excluding hydrogens is 392 g/mol. The van der Waals surface area contributed by atoms with Crippen LogP contribution in [0.15, 0.2) is 28.0 Å². The summed E-state index contributed by atoms with van der Waals surface area (Å²) >= 11 is 1.22. The lowest BCUT2D eigenvalue weighted by Crippen LogP contribution is -2.39. The Bertz CT molecular complexity index is 910. The molecule has 1 aliphatic heterocycles. The maximum atomic E-state index is 12.4. The first-order valence-corrected chi connectivity index (χ1v) is 11.8. The van der Waals surface area contributed by atoms with Crippen molar-refractivity contribution < 1.29 is 26.6 Å². The van der Waals surface area contributed by atoms with Crippen molar-refractivity contribution in [3.63, 3.8) is 0 Å². The number of hydrogen-bond donors (Lipinski definition) is 1. The zero-order valence-electron chi connectivity index (χ0n) is 13.2. The number of benzene rings is 1. The quantitative estimate of drug-likeness (QED) is 0.405. The van der Waals surface area contributed by atoms with Crippen molar-refractivity contribution in [3.8, 4) is 0 Å². The van der Waals surface area contributed by atoms with E-state index < -0.39 is 52.9 Å². The number of carbonyl (C=O) groups excluding carboxylic acids is 1. The summed E-state index contributed by atoms with van der Waals surface area (Å²) < 4.78 is 47.5. The number of sulfone groups is 2. The molecule has 0 bridgehead atoms. The third kappa shape index (κ3) is 4.92. The molecule has 0 aromatic heterocycles. The Labute approximate surface area is 149 Å². The van der Waals surface area contributed by atoms with Gasteiger partial charge in [-0.2, -0.15) is 0 Å². The Hall–Kier alpha value is -1.66. The highest BCUT2D eigenvalue weighted by Crippen LogP contribution is 2.29. The van der Waals surface area contributed by atoms with Gasteiger partial charge < -0.3 is 5.32 Å². The molecule has 1 saturated heterocycles. The van der Waals surface area contributed by atoms with Gasteiger partial charge in [0.05, 0.1) is 16.4 Å². The minimum absolute atomic E-state index is 0.0632. The Morgan fingerprint density at radius 1 is 1.44 bits per heavy atom. The van der Waals surface area contributed by atoms with Crippen LogP contribution in [0.2, 0.25) is 0 Å². The van der Waals surface area contributed by atoms with E-state index in [9.17, 15) is 31.7 Å². The van der Waals surface area contributed by atoms with Crippen LogP contribution in [-0.2, 0) is 24.5 Å². The minimum atomic E-state index is -4.24. The largest absolute Gasteiger partial charge is 0.351 e. The van der Waals surface area contributed by atoms with E-state index in [2.05, 4.69) is 5.32 Å². The van der Waals surface area contributed by atoms with Crippen LogP contribution in [0.4, 0.5) is 5.69 Å². The number of rotatable bonds is 6. The normalized spacial score (nSPS) is 19.5. The Balaban J connectivity index is 2.19. The molecular formula is C13H16N2O7S3. The molecule has 25 heavy (non-hydrogen) atoms. The molecule has 138 valence electrons. The molecule has 2 rings (SSSR count). The Morgan fingerprint density at radius 2 is 2.12 bits per heavy atom. The molecule has 0 unspecified atom stereocenters. The number of carbonyl (C=O) groups is 1. The summed E-state index contributed by atoms with van der Waals surface area (Å²) in [7, 11) is -7.46. The predicted octanol–water partition coefficient (Wildman–Crippen LogP) is 0.394. The maximum absolute atomic E-state index is 12.4. The van der Waals surface area contributed by atoms with E-state index >= 15 is 0 Å². The molecule has 1 N–H and O–H groups in total. The average molecular weight is 408 g/mol. The zero-order valence-corrected chi connectivity index (χ0v) is 15.6. The van der Waals surface area contributed by atoms with E-state index in [4.69, 9.17) is 0 Å². The van der Waals surface area contributed by atoms with Gasteiger partial charge in [-0.05, 0) is 24.8 Å². The minimum Gasteiger partial charge on any atom is -0.351 e. The molecule has 1 atom stereocenters. The Morgan fingerprint density at radius 3 is 2.64 bits per heavy atom. The van der Waals surface area contributed by atoms with Gasteiger partial charge in [-0.15, -0.1) is 11.8 Å². The van der Waals surface area contributed by atoms with Crippen LogP contribution in [0.1, 0.15) is 6.42 Å². The summed E-state index contributed by atoms with van der Waals surface area (Å²) in [6, 6.07) is 3.03. The van der Waals surface area contributed by atoms with Crippen LogP contribution < -0.4 is 5.32 Å². The first-order valence-electron chi connectivity index (χ1n) is 7.09. The van der Waals surface area contributed by atoms with Gasteiger partial charge in [0.2, 0.25) is 5.91 Å². The first kappa shape index (κ1) is 19.7. The van der Waals surface area contributed by atoms with Crippen molar-refractivity contribution in [3.05, 3.63) is 28.3 Å². The molecule has 9 nitrogen and oxygen atoms in total. The lowest BCUT2D eigenvalue weighted by Gasteiger charge is -2.11. The fraction of sp³-hybridized carbons (Fsp3) is 0.462. The summed E-state index contributed by atoms with van der Waals surface area (Å²) in [6.07, 6.45) is 1.91. The second-order valence-electron chi connectivity index (χ2n) is 5.52. The van der Waals surface area contributed by atoms with Crippen molar-refractivity contribution in [1.82, 2.24) is 5.32 Å². The van der Waals surface area contributed by atoms with Gasteiger partial charge in [-0.1, -0.05) is 0 Å². The fourth-order valence-corrected chi connectivity index (χ4v) is 5.88. The number of nitrogens with one attached hydrogen (secondary N) is 1. The van der Waals surface area contributed by atoms with Crippen LogP contribution in [0.3, 0.4) is 0 Å². The standard InChI is InChI=1S/C13H16N2O7S3/c1-23-10-2-3-12(11(6-10)15(17)18)25(21,22)8-13(16)14-9-4-5-24(19,20)7-9/h2-3,6,9H,4-5,7-8H2,1H3,(H,14,16)/t9-/m1/s1. The van der Waals surface area contributed by atoms with Crippen molar-refractivity contribution >= 4 is 43.0 Å². The van der Waals surface area contributed by atoms with Crippen LogP contribution in [0.5, 0.6) is 0 Å². The van der Waals surface area contributed by atoms with E-state index in [-0.39, 0.29) is 17.9 Å². The van der Waals surface area contributed by atoms with Crippen molar-refractivity contribution in [2.24, 2.45) is 0 Å². The SMILES string of the molecule is CSc1ccc(S(=O)(=O)CC(=O)N[C@@H]2CCS(=O)(=O)C2)c([N+](=O)[O-])c1. The smallest absolute Gasteiger partial charge is 0.289 e. The van der Waals surface area contributed by atoms with E-state index in [1.54, 1.807) is 6.26 Å². The first-order chi connectivity index (χ1) is 11.5. The molecule has 1 aliphatic rings. The van der Waals surface area contributed by atoms with Crippen molar-refractivity contribution in [1.29, 1.82) is 0 Å². The van der Waals surface area contributed by atoms with E-state index in [0.29, 0.717) is 4.90 Å². The van der Waals surface area contributed by atoms with Crippen LogP contribution in [0.25, 0.3) is 0 Å².